The average Bonchev–Trinajstić information content (AvgIpc) is 2.40. The molecule has 0 saturated heterocycles. The fourth-order valence-corrected chi connectivity index (χ4v) is 2.25. The number of hydrogen-bond donors (Lipinski definition) is 3. The van der Waals surface area contributed by atoms with E-state index >= 15 is 0 Å². The quantitative estimate of drug-likeness (QED) is 0.754. The van der Waals surface area contributed by atoms with Gasteiger partial charge in [0.25, 0.3) is 5.91 Å². The van der Waals surface area contributed by atoms with E-state index in [1.54, 1.807) is 25.1 Å². The molecular weight excluding hydrogens is 296 g/mol. The van der Waals surface area contributed by atoms with Crippen molar-refractivity contribution >= 4 is 40.9 Å². The summed E-state index contributed by atoms with van der Waals surface area (Å²) in [6.45, 7) is 1.65. The number of carbonyl (C=O) groups is 3. The Morgan fingerprint density at radius 1 is 1.43 bits per heavy atom. The van der Waals surface area contributed by atoms with E-state index in [0.717, 1.165) is 11.8 Å². The highest BCUT2D eigenvalue weighted by atomic mass is 32.2. The lowest BCUT2D eigenvalue weighted by Gasteiger charge is -2.23. The van der Waals surface area contributed by atoms with E-state index in [1.165, 1.54) is 0 Å². The van der Waals surface area contributed by atoms with Crippen molar-refractivity contribution in [2.45, 2.75) is 13.0 Å². The van der Waals surface area contributed by atoms with Gasteiger partial charge >= 0.3 is 5.97 Å². The summed E-state index contributed by atoms with van der Waals surface area (Å²) in [7, 11) is 0. The summed E-state index contributed by atoms with van der Waals surface area (Å²) in [5.74, 6) is -1.06. The maximum atomic E-state index is 11.6. The third-order valence-corrected chi connectivity index (χ3v) is 3.57. The van der Waals surface area contributed by atoms with Gasteiger partial charge in [0, 0.05) is 5.69 Å². The van der Waals surface area contributed by atoms with Crippen molar-refractivity contribution < 1.29 is 24.2 Å². The summed E-state index contributed by atoms with van der Waals surface area (Å²) in [6, 6.07) is 4.91. The van der Waals surface area contributed by atoms with Crippen LogP contribution in [0.1, 0.15) is 6.92 Å². The monoisotopic (exact) mass is 310 g/mol. The molecule has 2 amide bonds. The van der Waals surface area contributed by atoms with Crippen molar-refractivity contribution in [3.63, 3.8) is 0 Å². The average molecular weight is 310 g/mol. The molecule has 0 saturated carbocycles. The van der Waals surface area contributed by atoms with E-state index in [1.807, 2.05) is 0 Å². The largest absolute Gasteiger partial charge is 0.481 e. The molecule has 112 valence electrons. The normalized spacial score (nSPS) is 16.4. The summed E-state index contributed by atoms with van der Waals surface area (Å²) in [5, 5.41) is 13.8. The van der Waals surface area contributed by atoms with Crippen LogP contribution in [0.2, 0.25) is 0 Å². The molecule has 0 aromatic heterocycles. The molecule has 0 radical (unpaired) electrons. The SMILES string of the molecule is CC1Oc2ccc(NC(=O)CSCC(=O)O)cc2NC1=O. The van der Waals surface area contributed by atoms with Crippen LogP contribution in [0, 0.1) is 0 Å². The minimum absolute atomic E-state index is 0.0449. The van der Waals surface area contributed by atoms with Crippen molar-refractivity contribution in [1.82, 2.24) is 0 Å². The molecule has 1 aromatic rings. The van der Waals surface area contributed by atoms with Gasteiger partial charge in [-0.1, -0.05) is 0 Å². The smallest absolute Gasteiger partial charge is 0.313 e. The number of carboxylic acids is 1. The zero-order valence-corrected chi connectivity index (χ0v) is 12.0. The molecule has 7 nitrogen and oxygen atoms in total. The molecule has 3 N–H and O–H groups in total. The van der Waals surface area contributed by atoms with Crippen LogP contribution in [0.5, 0.6) is 5.75 Å². The molecule has 1 atom stereocenters. The van der Waals surface area contributed by atoms with Crippen LogP contribution in [-0.4, -0.2) is 40.5 Å². The molecule has 1 aliphatic rings. The van der Waals surface area contributed by atoms with E-state index in [2.05, 4.69) is 10.6 Å². The number of thioether (sulfide) groups is 1. The molecule has 0 aliphatic carbocycles. The molecule has 1 unspecified atom stereocenters. The molecule has 1 aromatic carbocycles. The highest BCUT2D eigenvalue weighted by Gasteiger charge is 2.23. The van der Waals surface area contributed by atoms with Crippen LogP contribution in [0.3, 0.4) is 0 Å². The van der Waals surface area contributed by atoms with Gasteiger partial charge in [-0.2, -0.15) is 0 Å². The Balaban J connectivity index is 1.96. The van der Waals surface area contributed by atoms with Crippen molar-refractivity contribution in [2.24, 2.45) is 0 Å². The maximum Gasteiger partial charge on any atom is 0.313 e. The van der Waals surface area contributed by atoms with Gasteiger partial charge in [0.1, 0.15) is 5.75 Å². The van der Waals surface area contributed by atoms with Crippen molar-refractivity contribution in [2.75, 3.05) is 22.1 Å². The van der Waals surface area contributed by atoms with Crippen LogP contribution >= 0.6 is 11.8 Å². The first kappa shape index (κ1) is 15.2. The third-order valence-electron chi connectivity index (χ3n) is 2.65. The molecular formula is C13H14N2O5S. The second kappa shape index (κ2) is 6.49. The number of ether oxygens (including phenoxy) is 1. The Morgan fingerprint density at radius 3 is 2.90 bits per heavy atom. The molecule has 1 heterocycles. The van der Waals surface area contributed by atoms with E-state index in [4.69, 9.17) is 9.84 Å². The Kier molecular flexibility index (Phi) is 4.69. The van der Waals surface area contributed by atoms with E-state index in [-0.39, 0.29) is 23.3 Å². The molecule has 0 bridgehead atoms. The number of hydrogen-bond acceptors (Lipinski definition) is 5. The molecule has 8 heteroatoms. The van der Waals surface area contributed by atoms with Gasteiger partial charge in [0.15, 0.2) is 6.10 Å². The summed E-state index contributed by atoms with van der Waals surface area (Å²) < 4.78 is 5.40. The number of fused-ring (bicyclic) bond motifs is 1. The predicted molar refractivity (Wildman–Crippen MR) is 78.8 cm³/mol. The number of nitrogens with one attached hydrogen (secondary N) is 2. The van der Waals surface area contributed by atoms with Gasteiger partial charge in [-0.15, -0.1) is 11.8 Å². The van der Waals surface area contributed by atoms with Crippen LogP contribution in [0.4, 0.5) is 11.4 Å². The predicted octanol–water partition coefficient (Wildman–Crippen LogP) is 1.16. The second-order valence-corrected chi connectivity index (χ2v) is 5.38. The van der Waals surface area contributed by atoms with Gasteiger partial charge in [0.2, 0.25) is 5.91 Å². The lowest BCUT2D eigenvalue weighted by Crippen LogP contribution is -2.34. The second-order valence-electron chi connectivity index (χ2n) is 4.39. The van der Waals surface area contributed by atoms with Crippen molar-refractivity contribution in [1.29, 1.82) is 0 Å². The Labute approximate surface area is 125 Å². The maximum absolute atomic E-state index is 11.6. The van der Waals surface area contributed by atoms with Crippen LogP contribution in [0.15, 0.2) is 18.2 Å². The van der Waals surface area contributed by atoms with Gasteiger partial charge < -0.3 is 20.5 Å². The van der Waals surface area contributed by atoms with Crippen LogP contribution < -0.4 is 15.4 Å². The number of aliphatic carboxylic acids is 1. The number of rotatable bonds is 5. The first-order chi connectivity index (χ1) is 9.95. The van der Waals surface area contributed by atoms with Crippen molar-refractivity contribution in [3.05, 3.63) is 18.2 Å². The zero-order valence-electron chi connectivity index (χ0n) is 11.2. The zero-order chi connectivity index (χ0) is 15.4. The highest BCUT2D eigenvalue weighted by molar-refractivity contribution is 8.00. The minimum atomic E-state index is -0.962. The van der Waals surface area contributed by atoms with Crippen molar-refractivity contribution in [3.8, 4) is 5.75 Å². The summed E-state index contributed by atoms with van der Waals surface area (Å²) >= 11 is 1.01. The molecule has 1 aliphatic heterocycles. The summed E-state index contributed by atoms with van der Waals surface area (Å²) in [4.78, 5) is 33.5. The van der Waals surface area contributed by atoms with Gasteiger partial charge in [-0.3, -0.25) is 14.4 Å². The van der Waals surface area contributed by atoms with Gasteiger partial charge in [0.05, 0.1) is 17.2 Å². The van der Waals surface area contributed by atoms with Crippen LogP contribution in [0.25, 0.3) is 0 Å². The number of carbonyl (C=O) groups excluding carboxylic acids is 2. The third kappa shape index (κ3) is 4.12. The number of amides is 2. The summed E-state index contributed by atoms with van der Waals surface area (Å²) in [5.41, 5.74) is 1.00. The first-order valence-corrected chi connectivity index (χ1v) is 7.32. The number of benzene rings is 1. The van der Waals surface area contributed by atoms with E-state index in [0.29, 0.717) is 17.1 Å². The van der Waals surface area contributed by atoms with E-state index in [9.17, 15) is 14.4 Å². The first-order valence-electron chi connectivity index (χ1n) is 6.16. The topological polar surface area (TPSA) is 105 Å². The molecule has 2 rings (SSSR count). The highest BCUT2D eigenvalue weighted by Crippen LogP contribution is 2.32. The number of anilines is 2. The molecule has 0 spiro atoms. The fraction of sp³-hybridized carbons (Fsp3) is 0.308. The summed E-state index contributed by atoms with van der Waals surface area (Å²) in [6.07, 6.45) is -0.551. The molecule has 0 fully saturated rings. The van der Waals surface area contributed by atoms with Gasteiger partial charge in [-0.25, -0.2) is 0 Å². The lowest BCUT2D eigenvalue weighted by molar-refractivity contribution is -0.134. The van der Waals surface area contributed by atoms with Crippen LogP contribution in [-0.2, 0) is 14.4 Å². The Bertz CT molecular complexity index is 590. The van der Waals surface area contributed by atoms with E-state index < -0.39 is 12.1 Å². The Morgan fingerprint density at radius 2 is 2.19 bits per heavy atom. The fourth-order valence-electron chi connectivity index (χ4n) is 1.71. The Hall–Kier alpha value is -2.22. The number of carboxylic acid groups (broad SMARTS) is 1. The lowest BCUT2D eigenvalue weighted by atomic mass is 10.2. The van der Waals surface area contributed by atoms with Gasteiger partial charge in [-0.05, 0) is 25.1 Å². The standard InChI is InChI=1S/C13H14N2O5S/c1-7-13(19)15-9-4-8(2-3-10(9)20-7)14-11(16)5-21-6-12(17)18/h2-4,7H,5-6H2,1H3,(H,14,16)(H,15,19)(H,17,18). The molecule has 21 heavy (non-hydrogen) atoms. The minimum Gasteiger partial charge on any atom is -0.481 e.